The van der Waals surface area contributed by atoms with Crippen molar-refractivity contribution in [1.29, 1.82) is 0 Å². The smallest absolute Gasteiger partial charge is 0.352 e. The van der Waals surface area contributed by atoms with E-state index in [9.17, 15) is 13.6 Å². The maximum atomic E-state index is 13.9. The molecule has 1 aromatic carbocycles. The summed E-state index contributed by atoms with van der Waals surface area (Å²) in [7, 11) is 0. The highest BCUT2D eigenvalue weighted by Crippen LogP contribution is 2.33. The average molecular weight is 330 g/mol. The van der Waals surface area contributed by atoms with Crippen molar-refractivity contribution in [2.24, 2.45) is 0 Å². The molecule has 19 heavy (non-hydrogen) atoms. The molecule has 0 atom stereocenters. The normalized spacial score (nSPS) is 10.7. The third-order valence-electron chi connectivity index (χ3n) is 2.78. The molecule has 0 spiro atoms. The summed E-state index contributed by atoms with van der Waals surface area (Å²) in [6.45, 7) is 2.12. The number of hydrogen-bond donors (Lipinski definition) is 1. The first-order valence-electron chi connectivity index (χ1n) is 5.53. The molecule has 0 saturated heterocycles. The number of aromatic carboxylic acids is 1. The second-order valence-electron chi connectivity index (χ2n) is 3.90. The van der Waals surface area contributed by atoms with Gasteiger partial charge in [0.25, 0.3) is 0 Å². The lowest BCUT2D eigenvalue weighted by molar-refractivity contribution is 0.0685. The number of benzene rings is 1. The Morgan fingerprint density at radius 1 is 1.37 bits per heavy atom. The monoisotopic (exact) mass is 329 g/mol. The minimum atomic E-state index is -1.09. The highest BCUT2D eigenvalue weighted by Gasteiger charge is 2.19. The molecule has 1 aromatic heterocycles. The number of hydrogen-bond acceptors (Lipinski definition) is 1. The Morgan fingerprint density at radius 2 is 2.05 bits per heavy atom. The molecule has 1 heterocycles. The van der Waals surface area contributed by atoms with Gasteiger partial charge in [-0.25, -0.2) is 13.6 Å². The number of halogens is 3. The molecule has 2 rings (SSSR count). The van der Waals surface area contributed by atoms with Crippen LogP contribution in [0.2, 0.25) is 0 Å². The molecular formula is C13H10BrF2NO2. The van der Waals surface area contributed by atoms with Gasteiger partial charge in [-0.2, -0.15) is 0 Å². The van der Waals surface area contributed by atoms with Crippen molar-refractivity contribution in [3.05, 3.63) is 46.1 Å². The van der Waals surface area contributed by atoms with E-state index in [1.165, 1.54) is 16.7 Å². The number of carbonyl (C=O) groups is 1. The van der Waals surface area contributed by atoms with Crippen LogP contribution in [0.4, 0.5) is 8.78 Å². The second-order valence-corrected chi connectivity index (χ2v) is 4.75. The lowest BCUT2D eigenvalue weighted by Crippen LogP contribution is -2.08. The molecule has 100 valence electrons. The second kappa shape index (κ2) is 5.13. The van der Waals surface area contributed by atoms with Gasteiger partial charge in [-0.1, -0.05) is 0 Å². The van der Waals surface area contributed by atoms with Crippen molar-refractivity contribution < 1.29 is 18.7 Å². The molecule has 2 aromatic rings. The van der Waals surface area contributed by atoms with E-state index in [4.69, 9.17) is 5.11 Å². The van der Waals surface area contributed by atoms with Gasteiger partial charge in [0.15, 0.2) is 0 Å². The minimum Gasteiger partial charge on any atom is -0.477 e. The van der Waals surface area contributed by atoms with Crippen LogP contribution >= 0.6 is 15.9 Å². The van der Waals surface area contributed by atoms with E-state index >= 15 is 0 Å². The molecule has 6 heteroatoms. The first kappa shape index (κ1) is 13.7. The number of aromatic nitrogens is 1. The molecule has 0 unspecified atom stereocenters. The number of nitrogens with zero attached hydrogens (tertiary/aromatic N) is 1. The van der Waals surface area contributed by atoms with Crippen LogP contribution in [0.1, 0.15) is 17.4 Å². The molecular weight excluding hydrogens is 320 g/mol. The largest absolute Gasteiger partial charge is 0.477 e. The molecule has 0 bridgehead atoms. The van der Waals surface area contributed by atoms with Crippen LogP contribution < -0.4 is 0 Å². The fraction of sp³-hybridized carbons (Fsp3) is 0.154. The molecule has 0 amide bonds. The van der Waals surface area contributed by atoms with Crippen molar-refractivity contribution >= 4 is 21.9 Å². The SMILES string of the molecule is CCn1c(C(=O)O)ccc1-c1c(F)cc(F)cc1Br. The Labute approximate surface area is 116 Å². The predicted molar refractivity (Wildman–Crippen MR) is 70.1 cm³/mol. The molecule has 1 N–H and O–H groups in total. The van der Waals surface area contributed by atoms with Gasteiger partial charge in [-0.3, -0.25) is 0 Å². The molecule has 3 nitrogen and oxygen atoms in total. The van der Waals surface area contributed by atoms with Gasteiger partial charge >= 0.3 is 5.97 Å². The fourth-order valence-corrected chi connectivity index (χ4v) is 2.61. The summed E-state index contributed by atoms with van der Waals surface area (Å²) >= 11 is 3.10. The van der Waals surface area contributed by atoms with E-state index in [1.807, 2.05) is 0 Å². The highest BCUT2D eigenvalue weighted by molar-refractivity contribution is 9.10. The van der Waals surface area contributed by atoms with Crippen molar-refractivity contribution in [3.63, 3.8) is 0 Å². The van der Waals surface area contributed by atoms with Crippen molar-refractivity contribution in [2.75, 3.05) is 0 Å². The van der Waals surface area contributed by atoms with Crippen LogP contribution in [0, 0.1) is 11.6 Å². The predicted octanol–water partition coefficient (Wildman–Crippen LogP) is 3.91. The molecule has 0 aliphatic carbocycles. The summed E-state index contributed by atoms with van der Waals surface area (Å²) in [5, 5.41) is 9.05. The molecule has 0 radical (unpaired) electrons. The maximum absolute atomic E-state index is 13.9. The van der Waals surface area contributed by atoms with Crippen LogP contribution in [0.15, 0.2) is 28.7 Å². The Kier molecular flexibility index (Phi) is 3.71. The topological polar surface area (TPSA) is 42.2 Å². The zero-order valence-corrected chi connectivity index (χ0v) is 11.5. The summed E-state index contributed by atoms with van der Waals surface area (Å²) < 4.78 is 28.7. The summed E-state index contributed by atoms with van der Waals surface area (Å²) in [6.07, 6.45) is 0. The van der Waals surface area contributed by atoms with Gasteiger partial charge in [-0.15, -0.1) is 0 Å². The highest BCUT2D eigenvalue weighted by atomic mass is 79.9. The van der Waals surface area contributed by atoms with Crippen LogP contribution in [-0.2, 0) is 6.54 Å². The Bertz CT molecular complexity index is 629. The minimum absolute atomic E-state index is 0.0631. The Hall–Kier alpha value is -1.69. The standard InChI is InChI=1S/C13H10BrF2NO2/c1-2-17-10(3-4-11(17)13(18)19)12-8(14)5-7(15)6-9(12)16/h3-6H,2H2,1H3,(H,18,19). The fourth-order valence-electron chi connectivity index (χ4n) is 2.00. The van der Waals surface area contributed by atoms with Crippen LogP contribution in [-0.4, -0.2) is 15.6 Å². The van der Waals surface area contributed by atoms with E-state index in [0.717, 1.165) is 12.1 Å². The number of rotatable bonds is 3. The average Bonchev–Trinajstić information content (AvgIpc) is 2.71. The van der Waals surface area contributed by atoms with Gasteiger partial charge in [0.05, 0.1) is 5.69 Å². The molecule has 0 aliphatic rings. The van der Waals surface area contributed by atoms with Gasteiger partial charge in [-0.05, 0) is 41.1 Å². The van der Waals surface area contributed by atoms with Gasteiger partial charge in [0, 0.05) is 22.6 Å². The van der Waals surface area contributed by atoms with Crippen molar-refractivity contribution in [3.8, 4) is 11.3 Å². The van der Waals surface area contributed by atoms with E-state index in [1.54, 1.807) is 6.92 Å². The lowest BCUT2D eigenvalue weighted by atomic mass is 10.1. The summed E-state index contributed by atoms with van der Waals surface area (Å²) in [6, 6.07) is 4.82. The maximum Gasteiger partial charge on any atom is 0.352 e. The van der Waals surface area contributed by atoms with Gasteiger partial charge in [0.1, 0.15) is 17.3 Å². The lowest BCUT2D eigenvalue weighted by Gasteiger charge is -2.11. The zero-order chi connectivity index (χ0) is 14.2. The van der Waals surface area contributed by atoms with Gasteiger partial charge < -0.3 is 9.67 Å². The summed E-state index contributed by atoms with van der Waals surface area (Å²) in [5.74, 6) is -2.52. The number of carboxylic acids is 1. The van der Waals surface area contributed by atoms with Gasteiger partial charge in [0.2, 0.25) is 0 Å². The van der Waals surface area contributed by atoms with Crippen molar-refractivity contribution in [2.45, 2.75) is 13.5 Å². The van der Waals surface area contributed by atoms with E-state index in [0.29, 0.717) is 12.2 Å². The molecule has 0 saturated carbocycles. The van der Waals surface area contributed by atoms with Crippen LogP contribution in [0.3, 0.4) is 0 Å². The van der Waals surface area contributed by atoms with Crippen LogP contribution in [0.5, 0.6) is 0 Å². The van der Waals surface area contributed by atoms with Crippen molar-refractivity contribution in [1.82, 2.24) is 4.57 Å². The zero-order valence-electron chi connectivity index (χ0n) is 9.95. The molecule has 0 aliphatic heterocycles. The van der Waals surface area contributed by atoms with E-state index in [-0.39, 0.29) is 15.7 Å². The van der Waals surface area contributed by atoms with E-state index < -0.39 is 17.6 Å². The summed E-state index contributed by atoms with van der Waals surface area (Å²) in [4.78, 5) is 11.1. The molecule has 0 fully saturated rings. The quantitative estimate of drug-likeness (QED) is 0.927. The Balaban J connectivity index is 2.69. The third-order valence-corrected chi connectivity index (χ3v) is 3.40. The number of carboxylic acid groups (broad SMARTS) is 1. The summed E-state index contributed by atoms with van der Waals surface area (Å²) in [5.41, 5.74) is 0.605. The first-order valence-corrected chi connectivity index (χ1v) is 6.32. The Morgan fingerprint density at radius 3 is 2.58 bits per heavy atom. The first-order chi connectivity index (χ1) is 8.95. The van der Waals surface area contributed by atoms with E-state index in [2.05, 4.69) is 15.9 Å². The van der Waals surface area contributed by atoms with Crippen LogP contribution in [0.25, 0.3) is 11.3 Å². The third kappa shape index (κ3) is 2.40.